The van der Waals surface area contributed by atoms with Crippen molar-refractivity contribution in [1.29, 1.82) is 15.8 Å². The highest BCUT2D eigenvalue weighted by atomic mass is 127. The third-order valence-electron chi connectivity index (χ3n) is 17.8. The minimum atomic E-state index is -4.62. The summed E-state index contributed by atoms with van der Waals surface area (Å²) in [6.07, 6.45) is -13.9. The predicted octanol–water partition coefficient (Wildman–Crippen LogP) is 19.5. The standard InChI is InChI=1S/C30H25F3N4O4.C28H20F3N5O3.C21H14F3N5O3.CHI3.CH2I2.CH3I/c1-19-26(28(39)41-18-21-7-4-3-5-8-21)27(22-13-11-20(16-34)12-14-22)36-29(35-17-25(38)40-2)37(19)24-10-6-9-23(15-24)30(31,32)33;1-17-23(25(37)39-16-19-6-3-2-4-7-19)24(20-12-10-18(15-32)11-13-20)36-26(33-34-27(36)38)35(17)22-9-5-8-21(14-22)28(29,30)31;1-11-16(18(30)31)17(13-7-5-12(10-25)6-8-13)29-19(26-27-20(29)32)28(11)15-4-2-3-14(9-15)21(22,23)24;2-1(3)4;2-1-3;1-2/h3-15,27H,17-18H2,1-2H3,(H,35,36);2-14,24H,16H2,1H3,(H,34,38);2-9,17H,1H3,(H,27,32)(H,30,31);1H;1H2;1H3. The van der Waals surface area contributed by atoms with Crippen LogP contribution in [-0.4, -0.2) is 85.4 Å². The van der Waals surface area contributed by atoms with Crippen LogP contribution in [-0.2, 0) is 65.1 Å². The van der Waals surface area contributed by atoms with Gasteiger partial charge in [-0.15, -0.1) is 10.2 Å². The summed E-state index contributed by atoms with van der Waals surface area (Å²) < 4.78 is 141. The van der Waals surface area contributed by atoms with Crippen molar-refractivity contribution in [3.05, 3.63) is 322 Å². The molecule has 3 aliphatic rings. The number of aromatic amines is 2. The second-order valence-electron chi connectivity index (χ2n) is 25.1. The summed E-state index contributed by atoms with van der Waals surface area (Å²) >= 11 is 13.6. The number of guanidine groups is 1. The van der Waals surface area contributed by atoms with Gasteiger partial charge in [-0.3, -0.25) is 19.5 Å². The quantitative estimate of drug-likeness (QED) is 0.0244. The highest BCUT2D eigenvalue weighted by Gasteiger charge is 2.44. The maximum Gasteiger partial charge on any atom is 0.416 e. The van der Waals surface area contributed by atoms with E-state index in [0.717, 1.165) is 52.0 Å². The molecule has 0 saturated heterocycles. The number of benzene rings is 8. The fourth-order valence-corrected chi connectivity index (χ4v) is 12.6. The molecule has 0 amide bonds. The molecule has 121 heavy (non-hydrogen) atoms. The molecule has 0 fully saturated rings. The number of hydrogen-bond donors (Lipinski definition) is 4. The molecule has 3 aliphatic heterocycles. The van der Waals surface area contributed by atoms with E-state index in [2.05, 4.69) is 171 Å². The highest BCUT2D eigenvalue weighted by molar-refractivity contribution is 14.3. The first kappa shape index (κ1) is 96.3. The number of methoxy groups -OCH3 is 1. The van der Waals surface area contributed by atoms with Crippen molar-refractivity contribution >= 4 is 194 Å². The van der Waals surface area contributed by atoms with Gasteiger partial charge < -0.3 is 24.6 Å². The number of nitriles is 3. The van der Waals surface area contributed by atoms with Crippen LogP contribution in [0.2, 0.25) is 0 Å². The zero-order valence-corrected chi connectivity index (χ0v) is 76.4. The Morgan fingerprint density at radius 3 is 1.18 bits per heavy atom. The Morgan fingerprint density at radius 1 is 0.504 bits per heavy atom. The molecule has 10 aromatic rings. The molecule has 628 valence electrons. The molecule has 0 bridgehead atoms. The average Bonchev–Trinajstić information content (AvgIpc) is 1.51. The van der Waals surface area contributed by atoms with Crippen molar-refractivity contribution < 1.29 is 78.0 Å². The van der Waals surface area contributed by atoms with Gasteiger partial charge in [0.15, 0.2) is 0 Å². The molecule has 0 radical (unpaired) electrons. The molecular formula is C82H65F9I6N14O10. The van der Waals surface area contributed by atoms with Crippen LogP contribution >= 0.6 is 136 Å². The van der Waals surface area contributed by atoms with Gasteiger partial charge in [-0.05, 0) is 145 Å². The Hall–Kier alpha value is -10.2. The van der Waals surface area contributed by atoms with Gasteiger partial charge in [-0.25, -0.2) is 48.3 Å². The predicted molar refractivity (Wildman–Crippen MR) is 484 cm³/mol. The molecule has 13 rings (SSSR count). The molecule has 3 unspecified atom stereocenters. The molecule has 8 aromatic carbocycles. The number of carboxylic acid groups (broad SMARTS) is 1. The molecule has 4 N–H and O–H groups in total. The number of carbonyl (C=O) groups is 4. The third-order valence-corrected chi connectivity index (χ3v) is 17.8. The molecule has 39 heteroatoms. The van der Waals surface area contributed by atoms with E-state index >= 15 is 0 Å². The van der Waals surface area contributed by atoms with E-state index in [1.165, 1.54) is 96.4 Å². The molecular weight excluding hydrogens is 2270 g/mol. The summed E-state index contributed by atoms with van der Waals surface area (Å²) in [6, 6.07) is 53.0. The number of allylic oxidation sites excluding steroid dienone is 3. The first-order valence-corrected chi connectivity index (χ1v) is 43.9. The van der Waals surface area contributed by atoms with Crippen LogP contribution in [0.3, 0.4) is 0 Å². The Labute approximate surface area is 767 Å². The average molecular weight is 2340 g/mol. The number of anilines is 5. The van der Waals surface area contributed by atoms with E-state index in [9.17, 15) is 83.9 Å². The Kier molecular flexibility index (Phi) is 35.1. The Balaban J connectivity index is 0.000000216. The maximum absolute atomic E-state index is 13.6. The van der Waals surface area contributed by atoms with E-state index < -0.39 is 95.1 Å². The molecule has 2 aromatic heterocycles. The molecule has 24 nitrogen and oxygen atoms in total. The van der Waals surface area contributed by atoms with E-state index in [0.29, 0.717) is 33.4 Å². The summed E-state index contributed by atoms with van der Waals surface area (Å²) in [5.41, 5.74) is 0.433. The lowest BCUT2D eigenvalue weighted by Crippen LogP contribution is -2.49. The number of hydrogen-bond acceptors (Lipinski definition) is 17. The van der Waals surface area contributed by atoms with Gasteiger partial charge in [-0.1, -0.05) is 251 Å². The van der Waals surface area contributed by atoms with Gasteiger partial charge in [0.1, 0.15) is 31.8 Å². The lowest BCUT2D eigenvalue weighted by atomic mass is 9.93. The van der Waals surface area contributed by atoms with Crippen LogP contribution in [0.4, 0.5) is 68.5 Å². The SMILES string of the molecule is CC1=C(C(=O)O)C(c2ccc(C#N)cc2)n2c(n[nH]c2=O)N1c1cccc(C(F)(F)F)c1.CC1=C(C(=O)OCc2ccccc2)C(c2ccc(C#N)cc2)n2c(n[nH]c2=O)N1c1cccc(C(F)(F)F)c1.CI.COC(=O)CN=C1NC(c2ccc(C#N)cc2)C(C(=O)OCc2ccccc2)=C(C)N1c1cccc(C(F)(F)F)c1.IC(I)I.ICI. The number of aliphatic imine (C=N–C) groups is 1. The van der Waals surface area contributed by atoms with Crippen LogP contribution < -0.4 is 31.4 Å². The Bertz CT molecular complexity index is 5750. The molecule has 3 atom stereocenters. The summed E-state index contributed by atoms with van der Waals surface area (Å²) in [5, 5.41) is 53.2. The number of H-pyrrole nitrogens is 2. The molecule has 0 spiro atoms. The summed E-state index contributed by atoms with van der Waals surface area (Å²) in [6.45, 7) is 4.01. The van der Waals surface area contributed by atoms with Gasteiger partial charge in [0, 0.05) is 34.2 Å². The number of aromatic nitrogens is 6. The number of nitrogens with one attached hydrogen (secondary N) is 3. The fraction of sp³-hybridized carbons (Fsp3) is 0.195. The van der Waals surface area contributed by atoms with E-state index in [1.54, 1.807) is 111 Å². The zero-order valence-electron chi connectivity index (χ0n) is 63.5. The van der Waals surface area contributed by atoms with Crippen molar-refractivity contribution in [2.24, 2.45) is 4.99 Å². The van der Waals surface area contributed by atoms with Crippen LogP contribution in [0.1, 0.15) is 100 Å². The number of halogens is 15. The number of carbonyl (C=O) groups excluding carboxylic acids is 3. The van der Waals surface area contributed by atoms with E-state index in [-0.39, 0.29) is 81.9 Å². The molecule has 5 heterocycles. The zero-order chi connectivity index (χ0) is 88.8. The largest absolute Gasteiger partial charge is 0.478 e. The lowest BCUT2D eigenvalue weighted by Gasteiger charge is -2.38. The topological polar surface area (TPSA) is 323 Å². The van der Waals surface area contributed by atoms with E-state index in [1.807, 2.05) is 35.3 Å². The number of alkyl halides is 15. The summed E-state index contributed by atoms with van der Waals surface area (Å²) in [5.74, 6) is -3.56. The van der Waals surface area contributed by atoms with Crippen LogP contribution in [0, 0.1) is 34.0 Å². The molecule has 0 saturated carbocycles. The van der Waals surface area contributed by atoms with Gasteiger partial charge in [-0.2, -0.15) is 55.3 Å². The monoisotopic (exact) mass is 2340 g/mol. The van der Waals surface area contributed by atoms with Crippen LogP contribution in [0.15, 0.2) is 255 Å². The summed E-state index contributed by atoms with van der Waals surface area (Å²) in [7, 11) is 1.19. The van der Waals surface area contributed by atoms with Crippen molar-refractivity contribution in [2.45, 2.75) is 70.6 Å². The van der Waals surface area contributed by atoms with Gasteiger partial charge >= 0.3 is 53.8 Å². The van der Waals surface area contributed by atoms with Crippen molar-refractivity contribution in [3.63, 3.8) is 0 Å². The number of aliphatic carboxylic acids is 1. The highest BCUT2D eigenvalue weighted by Crippen LogP contribution is 2.46. The van der Waals surface area contributed by atoms with Gasteiger partial charge in [0.2, 0.25) is 17.9 Å². The van der Waals surface area contributed by atoms with Crippen molar-refractivity contribution in [1.82, 2.24) is 34.8 Å². The smallest absolute Gasteiger partial charge is 0.416 e. The number of nitrogens with zero attached hydrogens (tertiary/aromatic N) is 11. The number of esters is 3. The fourth-order valence-electron chi connectivity index (χ4n) is 12.6. The normalized spacial score (nSPS) is 15.0. The first-order valence-electron chi connectivity index (χ1n) is 34.9. The number of rotatable bonds is 15. The Morgan fingerprint density at radius 2 is 0.835 bits per heavy atom. The second-order valence-corrected chi connectivity index (χ2v) is 40.5. The number of carboxylic acids is 1. The van der Waals surface area contributed by atoms with Gasteiger partial charge in [0.25, 0.3) is 0 Å². The first-order chi connectivity index (χ1) is 57.6. The number of ether oxygens (including phenoxy) is 3. The second kappa shape index (κ2) is 44.1. The minimum Gasteiger partial charge on any atom is -0.478 e. The maximum atomic E-state index is 13.6. The minimum absolute atomic E-state index is 0.00500. The lowest BCUT2D eigenvalue weighted by molar-refractivity contribution is -0.141. The third kappa shape index (κ3) is 24.4. The molecule has 0 aliphatic carbocycles. The summed E-state index contributed by atoms with van der Waals surface area (Å²) in [4.78, 5) is 87.2. The van der Waals surface area contributed by atoms with Crippen molar-refractivity contribution in [3.8, 4) is 18.2 Å². The van der Waals surface area contributed by atoms with Crippen molar-refractivity contribution in [2.75, 3.05) is 35.7 Å². The van der Waals surface area contributed by atoms with E-state index in [4.69, 9.17) is 14.7 Å². The number of fused-ring (bicyclic) bond motifs is 2. The van der Waals surface area contributed by atoms with Crippen LogP contribution in [0.5, 0.6) is 0 Å². The van der Waals surface area contributed by atoms with Crippen LogP contribution in [0.25, 0.3) is 0 Å². The van der Waals surface area contributed by atoms with Gasteiger partial charge in [0.05, 0.1) is 83.9 Å².